The van der Waals surface area contributed by atoms with Crippen LogP contribution < -0.4 is 10.0 Å². The van der Waals surface area contributed by atoms with Crippen LogP contribution in [0.1, 0.15) is 99.0 Å². The summed E-state index contributed by atoms with van der Waals surface area (Å²) in [4.78, 5) is 72.5. The standard InChI is InChI=1S/C43H70N4O10S/c1-25(2)33(23-36(50)39(44-8)26(3)4)43(53)46(9)40(27(5)6)37(56-10)24-38(51)47-20-12-13-34(47)41(57-11)28(7)35(49)22-30(21-29-14-16-31(48)17-15-29)42(52)45-58(54,55)32-18-19-32/h14-17,25-28,30,32-34,37,39-41,44,48H,12-13,18-24H2,1-11H3,(H,45,52)/t28-,30+,33-,34-,37+,39-,40-,41+/m0/s1. The number of ether oxygens (including phenoxy) is 2. The number of likely N-dealkylation sites (N-methyl/N-ethyl adjacent to an activating group) is 2. The molecule has 0 radical (unpaired) electrons. The molecule has 15 heteroatoms. The Morgan fingerprint density at radius 3 is 1.98 bits per heavy atom. The van der Waals surface area contributed by atoms with Gasteiger partial charge in [0.05, 0.1) is 42.0 Å². The molecule has 0 bridgehead atoms. The largest absolute Gasteiger partial charge is 0.508 e. The van der Waals surface area contributed by atoms with Crippen LogP contribution in [0, 0.1) is 35.5 Å². The van der Waals surface area contributed by atoms with Crippen molar-refractivity contribution in [2.24, 2.45) is 35.5 Å². The smallest absolute Gasteiger partial charge is 0.237 e. The van der Waals surface area contributed by atoms with Crippen molar-refractivity contribution in [2.45, 2.75) is 135 Å². The van der Waals surface area contributed by atoms with E-state index in [4.69, 9.17) is 9.47 Å². The van der Waals surface area contributed by atoms with Crippen molar-refractivity contribution in [1.82, 2.24) is 19.8 Å². The van der Waals surface area contributed by atoms with Crippen LogP contribution in [-0.2, 0) is 49.9 Å². The molecule has 1 saturated heterocycles. The molecule has 328 valence electrons. The molecule has 14 nitrogen and oxygen atoms in total. The number of benzene rings is 1. The fraction of sp³-hybridized carbons (Fsp3) is 0.744. The molecule has 1 aliphatic heterocycles. The van der Waals surface area contributed by atoms with E-state index < -0.39 is 63.2 Å². The number of hydrogen-bond donors (Lipinski definition) is 3. The average molecular weight is 835 g/mol. The third-order valence-electron chi connectivity index (χ3n) is 12.1. The van der Waals surface area contributed by atoms with Gasteiger partial charge in [-0.15, -0.1) is 0 Å². The maximum atomic E-state index is 14.2. The highest BCUT2D eigenvalue weighted by Gasteiger charge is 2.44. The van der Waals surface area contributed by atoms with Gasteiger partial charge in [-0.05, 0) is 74.6 Å². The van der Waals surface area contributed by atoms with Gasteiger partial charge in [-0.2, -0.15) is 0 Å². The molecule has 3 rings (SSSR count). The number of nitrogens with zero attached hydrogens (tertiary/aromatic N) is 2. The summed E-state index contributed by atoms with van der Waals surface area (Å²) in [6.07, 6.45) is 0.710. The summed E-state index contributed by atoms with van der Waals surface area (Å²) in [6, 6.07) is 4.88. The van der Waals surface area contributed by atoms with Crippen LogP contribution in [-0.4, -0.2) is 123 Å². The first-order chi connectivity index (χ1) is 27.2. The maximum Gasteiger partial charge on any atom is 0.237 e. The summed E-state index contributed by atoms with van der Waals surface area (Å²) in [5.74, 6) is -3.88. The van der Waals surface area contributed by atoms with E-state index in [1.54, 1.807) is 43.0 Å². The van der Waals surface area contributed by atoms with Crippen molar-refractivity contribution >= 4 is 39.3 Å². The molecule has 1 aromatic rings. The van der Waals surface area contributed by atoms with E-state index in [1.807, 2.05) is 41.5 Å². The summed E-state index contributed by atoms with van der Waals surface area (Å²) >= 11 is 0. The van der Waals surface area contributed by atoms with Crippen LogP contribution in [0.4, 0.5) is 0 Å². The number of carbonyl (C=O) groups excluding carboxylic acids is 5. The van der Waals surface area contributed by atoms with Crippen molar-refractivity contribution in [3.8, 4) is 5.75 Å². The molecular formula is C43H70N4O10S. The van der Waals surface area contributed by atoms with Gasteiger partial charge in [0.15, 0.2) is 5.78 Å². The predicted molar refractivity (Wildman–Crippen MR) is 222 cm³/mol. The topological polar surface area (TPSA) is 189 Å². The first kappa shape index (κ1) is 49.0. The Morgan fingerprint density at radius 2 is 1.48 bits per heavy atom. The summed E-state index contributed by atoms with van der Waals surface area (Å²) in [6.45, 7) is 13.9. The highest BCUT2D eigenvalue weighted by atomic mass is 32.2. The third-order valence-corrected chi connectivity index (χ3v) is 14.0. The molecule has 3 N–H and O–H groups in total. The zero-order valence-electron chi connectivity index (χ0n) is 36.5. The van der Waals surface area contributed by atoms with Crippen LogP contribution >= 0.6 is 0 Å². The van der Waals surface area contributed by atoms with Gasteiger partial charge < -0.3 is 29.7 Å². The Bertz CT molecular complexity index is 1660. The van der Waals surface area contributed by atoms with E-state index in [1.165, 1.54) is 26.4 Å². The SMILES string of the molecule is CN[C@H](C(=O)C[C@H](C(=O)N(C)[C@@H](C(C)C)[C@@H](CC(=O)N1CCC[C@H]1[C@H](OC)[C@@H](C)C(=O)C[C@@H](Cc1ccc(O)cc1)C(=O)NS(=O)(=O)C1CC1)OC)C(C)C)C(C)C. The fourth-order valence-electron chi connectivity index (χ4n) is 8.59. The van der Waals surface area contributed by atoms with Gasteiger partial charge in [0, 0.05) is 58.4 Å². The van der Waals surface area contributed by atoms with Gasteiger partial charge in [0.2, 0.25) is 27.7 Å². The third kappa shape index (κ3) is 12.8. The first-order valence-electron chi connectivity index (χ1n) is 20.9. The van der Waals surface area contributed by atoms with E-state index in [9.17, 15) is 37.5 Å². The van der Waals surface area contributed by atoms with Crippen molar-refractivity contribution in [3.63, 3.8) is 0 Å². The molecular weight excluding hydrogens is 765 g/mol. The number of Topliss-reactive ketones (excluding diaryl/α,β-unsaturated/α-hetero) is 2. The van der Waals surface area contributed by atoms with E-state index in [-0.39, 0.29) is 78.6 Å². The van der Waals surface area contributed by atoms with E-state index in [0.717, 1.165) is 0 Å². The number of nitrogens with one attached hydrogen (secondary N) is 2. The minimum absolute atomic E-state index is 0.0179. The number of amides is 3. The second-order valence-corrected chi connectivity index (χ2v) is 19.4. The summed E-state index contributed by atoms with van der Waals surface area (Å²) in [7, 11) is 2.61. The molecule has 58 heavy (non-hydrogen) atoms. The molecule has 2 aliphatic rings. The van der Waals surface area contributed by atoms with Gasteiger partial charge in [0.1, 0.15) is 11.5 Å². The molecule has 2 fully saturated rings. The molecule has 3 amide bonds. The van der Waals surface area contributed by atoms with Crippen molar-refractivity contribution in [1.29, 1.82) is 0 Å². The van der Waals surface area contributed by atoms with E-state index in [2.05, 4.69) is 10.0 Å². The molecule has 0 aromatic heterocycles. The first-order valence-corrected chi connectivity index (χ1v) is 22.4. The van der Waals surface area contributed by atoms with Crippen LogP contribution in [0.3, 0.4) is 0 Å². The normalized spacial score (nSPS) is 19.7. The van der Waals surface area contributed by atoms with E-state index >= 15 is 0 Å². The lowest BCUT2D eigenvalue weighted by Gasteiger charge is -2.40. The van der Waals surface area contributed by atoms with Crippen LogP contribution in [0.25, 0.3) is 0 Å². The van der Waals surface area contributed by atoms with Crippen molar-refractivity contribution in [2.75, 3.05) is 34.9 Å². The lowest BCUT2D eigenvalue weighted by Crippen LogP contribution is -2.54. The number of hydrogen-bond acceptors (Lipinski definition) is 11. The Kier molecular flexibility index (Phi) is 18.4. The van der Waals surface area contributed by atoms with E-state index in [0.29, 0.717) is 37.8 Å². The molecule has 1 aromatic carbocycles. The average Bonchev–Trinajstić information content (AvgIpc) is 3.92. The monoisotopic (exact) mass is 834 g/mol. The van der Waals surface area contributed by atoms with Gasteiger partial charge in [0.25, 0.3) is 0 Å². The minimum atomic E-state index is -3.86. The highest BCUT2D eigenvalue weighted by Crippen LogP contribution is 2.32. The second kappa shape index (κ2) is 21.7. The molecule has 1 heterocycles. The van der Waals surface area contributed by atoms with Gasteiger partial charge >= 0.3 is 0 Å². The van der Waals surface area contributed by atoms with Gasteiger partial charge in [-0.1, -0.05) is 60.6 Å². The summed E-state index contributed by atoms with van der Waals surface area (Å²) in [5, 5.41) is 12.2. The quantitative estimate of drug-likeness (QED) is 0.136. The summed E-state index contributed by atoms with van der Waals surface area (Å²) in [5.41, 5.74) is 0.652. The number of ketones is 2. The van der Waals surface area contributed by atoms with Gasteiger partial charge in [-0.25, -0.2) is 8.42 Å². The van der Waals surface area contributed by atoms with Crippen molar-refractivity contribution < 1.29 is 47.0 Å². The highest BCUT2D eigenvalue weighted by molar-refractivity contribution is 7.90. The van der Waals surface area contributed by atoms with Crippen molar-refractivity contribution in [3.05, 3.63) is 29.8 Å². The Labute approximate surface area is 346 Å². The lowest BCUT2D eigenvalue weighted by atomic mass is 9.84. The number of sulfonamides is 1. The minimum Gasteiger partial charge on any atom is -0.508 e. The van der Waals surface area contributed by atoms with Crippen LogP contribution in [0.15, 0.2) is 24.3 Å². The number of methoxy groups -OCH3 is 2. The van der Waals surface area contributed by atoms with Crippen LogP contribution in [0.2, 0.25) is 0 Å². The fourth-order valence-corrected chi connectivity index (χ4v) is 9.97. The number of aromatic hydroxyl groups is 1. The molecule has 0 unspecified atom stereocenters. The molecule has 8 atom stereocenters. The lowest BCUT2D eigenvalue weighted by molar-refractivity contribution is -0.148. The van der Waals surface area contributed by atoms with Crippen LogP contribution in [0.5, 0.6) is 5.75 Å². The Morgan fingerprint density at radius 1 is 0.862 bits per heavy atom. The van der Waals surface area contributed by atoms with Gasteiger partial charge in [-0.3, -0.25) is 28.7 Å². The number of phenolic OH excluding ortho intramolecular Hbond substituents is 1. The zero-order valence-corrected chi connectivity index (χ0v) is 37.3. The molecule has 1 saturated carbocycles. The zero-order chi connectivity index (χ0) is 43.6. The molecule has 1 aliphatic carbocycles. The summed E-state index contributed by atoms with van der Waals surface area (Å²) < 4.78 is 39.5. The number of phenols is 1. The predicted octanol–water partition coefficient (Wildman–Crippen LogP) is 4.12. The maximum absolute atomic E-state index is 14.2. The number of carbonyl (C=O) groups is 5. The number of rotatable bonds is 24. The Hall–Kier alpha value is -3.40. The second-order valence-electron chi connectivity index (χ2n) is 17.4. The Balaban J connectivity index is 1.78. The molecule has 0 spiro atoms. The number of likely N-dealkylation sites (tertiary alicyclic amines) is 1.